The van der Waals surface area contributed by atoms with Gasteiger partial charge in [-0.05, 0) is 72.4 Å². The number of ketones is 1. The van der Waals surface area contributed by atoms with Crippen molar-refractivity contribution in [2.45, 2.75) is 47.5 Å². The minimum Gasteiger partial charge on any atom is -0.457 e. The minimum atomic E-state index is -1.42. The number of amides is 1. The van der Waals surface area contributed by atoms with Crippen LogP contribution in [0.3, 0.4) is 0 Å². The molecule has 4 unspecified atom stereocenters. The molecule has 202 valence electrons. The second-order valence-corrected chi connectivity index (χ2v) is 11.9. The van der Waals surface area contributed by atoms with E-state index in [1.54, 1.807) is 11.8 Å². The molecule has 8 nitrogen and oxygen atoms in total. The van der Waals surface area contributed by atoms with Gasteiger partial charge in [0.25, 0.3) is 0 Å². The van der Waals surface area contributed by atoms with Gasteiger partial charge < -0.3 is 27.7 Å². The van der Waals surface area contributed by atoms with E-state index in [0.29, 0.717) is 42.9 Å². The van der Waals surface area contributed by atoms with Crippen molar-refractivity contribution < 1.29 is 14.3 Å². The lowest BCUT2D eigenvalue weighted by Crippen LogP contribution is -2.61. The molecule has 9 heteroatoms. The topological polar surface area (TPSA) is 151 Å². The first-order valence-electron chi connectivity index (χ1n) is 13.3. The lowest BCUT2D eigenvalue weighted by atomic mass is 9.65. The Morgan fingerprint density at radius 2 is 1.72 bits per heavy atom. The first-order chi connectivity index (χ1) is 18.7. The van der Waals surface area contributed by atoms with Gasteiger partial charge in [0.15, 0.2) is 5.78 Å². The quantitative estimate of drug-likeness (QED) is 0.358. The second kappa shape index (κ2) is 9.67. The summed E-state index contributed by atoms with van der Waals surface area (Å²) in [5.41, 5.74) is 28.5. The van der Waals surface area contributed by atoms with Crippen LogP contribution < -0.4 is 27.7 Å². The van der Waals surface area contributed by atoms with Gasteiger partial charge in [-0.3, -0.25) is 14.5 Å². The molecule has 1 amide bonds. The summed E-state index contributed by atoms with van der Waals surface area (Å²) in [6.07, 6.45) is 1.39. The van der Waals surface area contributed by atoms with Crippen molar-refractivity contribution in [1.82, 2.24) is 4.90 Å². The van der Waals surface area contributed by atoms with Crippen molar-refractivity contribution in [3.05, 3.63) is 82.9 Å². The number of Topliss-reactive ketones (excluding diaryl/α,β-unsaturated/α-hetero) is 1. The van der Waals surface area contributed by atoms with Crippen LogP contribution in [-0.4, -0.2) is 41.1 Å². The number of nitrogens with two attached hydrogens (primary N) is 4. The van der Waals surface area contributed by atoms with Crippen molar-refractivity contribution >= 4 is 29.1 Å². The number of aryl methyl sites for hydroxylation is 1. The van der Waals surface area contributed by atoms with Crippen molar-refractivity contribution in [3.8, 4) is 11.5 Å². The Morgan fingerprint density at radius 3 is 2.38 bits per heavy atom. The molecule has 0 aromatic heterocycles. The van der Waals surface area contributed by atoms with E-state index in [1.807, 2.05) is 67.6 Å². The molecule has 8 N–H and O–H groups in total. The van der Waals surface area contributed by atoms with Crippen LogP contribution in [0.1, 0.15) is 41.0 Å². The fourth-order valence-electron chi connectivity index (χ4n) is 6.46. The number of ether oxygens (including phenoxy) is 1. The van der Waals surface area contributed by atoms with Gasteiger partial charge in [-0.25, -0.2) is 0 Å². The summed E-state index contributed by atoms with van der Waals surface area (Å²) in [5, 5.41) is -0.0662. The summed E-state index contributed by atoms with van der Waals surface area (Å²) in [4.78, 5) is 29.2. The minimum absolute atomic E-state index is 0.0662. The molecule has 39 heavy (non-hydrogen) atoms. The van der Waals surface area contributed by atoms with Crippen LogP contribution in [0.2, 0.25) is 0 Å². The van der Waals surface area contributed by atoms with E-state index in [2.05, 4.69) is 4.90 Å². The molecule has 1 aliphatic carbocycles. The highest BCUT2D eigenvalue weighted by molar-refractivity contribution is 8.00. The highest BCUT2D eigenvalue weighted by Crippen LogP contribution is 2.57. The Hall–Kier alpha value is -3.37. The average molecular weight is 544 g/mol. The standard InChI is InChI=1S/C30H33N5O3S/c1-16-15-19(38-18-5-3-2-4-6-18)7-8-20(16)30(34)21-9-10-22(31)26-23(21)24(25(32)27(30)36)29(39-26)35-13-11-17(12-14-35)28(33)37/h2-10,15,17,24-25,29H,11-14,31-32,34H2,1H3,(H2,33,37). The molecule has 1 saturated heterocycles. The molecule has 3 aliphatic rings. The average Bonchev–Trinajstić information content (AvgIpc) is 3.34. The molecule has 0 spiro atoms. The van der Waals surface area contributed by atoms with Gasteiger partial charge in [-0.15, -0.1) is 11.8 Å². The van der Waals surface area contributed by atoms with Crippen molar-refractivity contribution in [2.24, 2.45) is 23.1 Å². The van der Waals surface area contributed by atoms with Gasteiger partial charge in [0.05, 0.1) is 11.4 Å². The molecule has 2 aliphatic heterocycles. The van der Waals surface area contributed by atoms with Crippen LogP contribution >= 0.6 is 11.8 Å². The molecule has 0 radical (unpaired) electrons. The molecule has 2 heterocycles. The molecule has 3 aromatic rings. The number of primary amides is 1. The Balaban J connectivity index is 1.38. The SMILES string of the molecule is Cc1cc(Oc2ccccc2)ccc1C1(N)C(=O)C(N)C2c3c1ccc(N)c3SC2N1CCC(C(N)=O)CC1. The predicted octanol–water partition coefficient (Wildman–Crippen LogP) is 3.19. The zero-order valence-electron chi connectivity index (χ0n) is 21.8. The molecule has 0 saturated carbocycles. The van der Waals surface area contributed by atoms with Gasteiger partial charge in [-0.2, -0.15) is 0 Å². The van der Waals surface area contributed by atoms with E-state index in [4.69, 9.17) is 27.7 Å². The highest BCUT2D eigenvalue weighted by atomic mass is 32.2. The summed E-state index contributed by atoms with van der Waals surface area (Å²) in [7, 11) is 0. The summed E-state index contributed by atoms with van der Waals surface area (Å²) < 4.78 is 6.01. The van der Waals surface area contributed by atoms with Crippen LogP contribution in [0.4, 0.5) is 5.69 Å². The largest absolute Gasteiger partial charge is 0.457 e. The third-order valence-electron chi connectivity index (χ3n) is 8.50. The third kappa shape index (κ3) is 4.12. The van der Waals surface area contributed by atoms with Gasteiger partial charge in [-0.1, -0.05) is 30.3 Å². The number of likely N-dealkylation sites (tertiary alicyclic amines) is 1. The van der Waals surface area contributed by atoms with E-state index in [9.17, 15) is 9.59 Å². The Labute approximate surface area is 232 Å². The lowest BCUT2D eigenvalue weighted by Gasteiger charge is -2.44. The molecule has 6 rings (SSSR count). The number of nitrogen functional groups attached to an aromatic ring is 1. The molecular weight excluding hydrogens is 510 g/mol. The van der Waals surface area contributed by atoms with Gasteiger partial charge >= 0.3 is 0 Å². The third-order valence-corrected chi connectivity index (χ3v) is 10.0. The van der Waals surface area contributed by atoms with E-state index in [0.717, 1.165) is 27.3 Å². The fraction of sp³-hybridized carbons (Fsp3) is 0.333. The Bertz CT molecular complexity index is 1460. The lowest BCUT2D eigenvalue weighted by molar-refractivity contribution is -0.126. The fourth-order valence-corrected chi connectivity index (χ4v) is 8.09. The number of benzene rings is 3. The zero-order chi connectivity index (χ0) is 27.5. The molecule has 1 fully saturated rings. The number of hydrogen-bond donors (Lipinski definition) is 4. The first kappa shape index (κ1) is 25.9. The Morgan fingerprint density at radius 1 is 1.03 bits per heavy atom. The van der Waals surface area contributed by atoms with Crippen LogP contribution in [0.25, 0.3) is 0 Å². The molecular formula is C30H33N5O3S. The summed E-state index contributed by atoms with van der Waals surface area (Å²) in [6.45, 7) is 3.36. The van der Waals surface area contributed by atoms with Gasteiger partial charge in [0, 0.05) is 35.5 Å². The normalized spacial score (nSPS) is 26.8. The summed E-state index contributed by atoms with van der Waals surface area (Å²) >= 11 is 1.65. The van der Waals surface area contributed by atoms with Crippen LogP contribution in [0.15, 0.2) is 65.6 Å². The Kier molecular flexibility index (Phi) is 6.42. The monoisotopic (exact) mass is 543 g/mol. The van der Waals surface area contributed by atoms with Crippen LogP contribution in [-0.2, 0) is 15.1 Å². The number of para-hydroxylation sites is 1. The van der Waals surface area contributed by atoms with Crippen molar-refractivity contribution in [1.29, 1.82) is 0 Å². The number of thioether (sulfide) groups is 1. The smallest absolute Gasteiger partial charge is 0.220 e. The number of carbonyl (C=O) groups is 2. The molecule has 0 bridgehead atoms. The number of carbonyl (C=O) groups excluding carboxylic acids is 2. The van der Waals surface area contributed by atoms with E-state index in [1.165, 1.54) is 0 Å². The molecule has 4 atom stereocenters. The van der Waals surface area contributed by atoms with E-state index < -0.39 is 11.6 Å². The number of hydrogen-bond acceptors (Lipinski definition) is 8. The number of anilines is 1. The van der Waals surface area contributed by atoms with E-state index >= 15 is 0 Å². The zero-order valence-corrected chi connectivity index (χ0v) is 22.6. The predicted molar refractivity (Wildman–Crippen MR) is 152 cm³/mol. The van der Waals surface area contributed by atoms with Crippen molar-refractivity contribution in [2.75, 3.05) is 18.8 Å². The first-order valence-corrected chi connectivity index (χ1v) is 14.1. The second-order valence-electron chi connectivity index (χ2n) is 10.8. The van der Waals surface area contributed by atoms with E-state index in [-0.39, 0.29) is 28.9 Å². The number of piperidine rings is 1. The van der Waals surface area contributed by atoms with Crippen LogP contribution in [0.5, 0.6) is 11.5 Å². The maximum atomic E-state index is 14.2. The summed E-state index contributed by atoms with van der Waals surface area (Å²) in [5.74, 6) is 0.551. The maximum Gasteiger partial charge on any atom is 0.220 e. The maximum absolute atomic E-state index is 14.2. The highest BCUT2D eigenvalue weighted by Gasteiger charge is 2.56. The summed E-state index contributed by atoms with van der Waals surface area (Å²) in [6, 6.07) is 18.1. The number of nitrogens with zero attached hydrogens (tertiary/aromatic N) is 1. The number of rotatable bonds is 5. The van der Waals surface area contributed by atoms with Gasteiger partial charge in [0.1, 0.15) is 17.0 Å². The molecule has 3 aromatic carbocycles. The van der Waals surface area contributed by atoms with Crippen LogP contribution in [0, 0.1) is 12.8 Å². The van der Waals surface area contributed by atoms with Crippen molar-refractivity contribution in [3.63, 3.8) is 0 Å². The van der Waals surface area contributed by atoms with Gasteiger partial charge in [0.2, 0.25) is 5.91 Å².